The predicted molar refractivity (Wildman–Crippen MR) is 111 cm³/mol. The third-order valence-corrected chi connectivity index (χ3v) is 6.76. The van der Waals surface area contributed by atoms with E-state index >= 15 is 0 Å². The fraction of sp³-hybridized carbons (Fsp3) is 0.800. The Morgan fingerprint density at radius 3 is 2.62 bits per heavy atom. The molecule has 0 bridgehead atoms. The molecule has 9 nitrogen and oxygen atoms in total. The van der Waals surface area contributed by atoms with Crippen LogP contribution in [0.4, 0.5) is 13.2 Å². The Morgan fingerprint density at radius 1 is 1.31 bits per heavy atom. The van der Waals surface area contributed by atoms with Crippen molar-refractivity contribution in [2.24, 2.45) is 10.9 Å². The lowest BCUT2D eigenvalue weighted by Crippen LogP contribution is -2.49. The maximum atomic E-state index is 12.6. The van der Waals surface area contributed by atoms with Crippen LogP contribution in [0, 0.1) is 5.92 Å². The maximum absolute atomic E-state index is 12.6. The van der Waals surface area contributed by atoms with E-state index < -0.39 is 15.5 Å². The molecule has 2 aliphatic rings. The van der Waals surface area contributed by atoms with Gasteiger partial charge in [-0.25, -0.2) is 18.1 Å². The minimum Gasteiger partial charge on any atom is -0.356 e. The number of hydrogen-bond acceptors (Lipinski definition) is 5. The van der Waals surface area contributed by atoms with E-state index in [1.54, 1.807) is 7.05 Å². The van der Waals surface area contributed by atoms with Crippen molar-refractivity contribution >= 4 is 40.0 Å². The van der Waals surface area contributed by atoms with Gasteiger partial charge in [0.25, 0.3) is 0 Å². The highest BCUT2D eigenvalue weighted by Crippen LogP contribution is 2.30. The first-order chi connectivity index (χ1) is 13.2. The lowest BCUT2D eigenvalue weighted by atomic mass is 9.98. The van der Waals surface area contributed by atoms with Crippen molar-refractivity contribution in [3.05, 3.63) is 12.2 Å². The summed E-state index contributed by atoms with van der Waals surface area (Å²) < 4.78 is 63.2. The third kappa shape index (κ3) is 5.71. The van der Waals surface area contributed by atoms with Gasteiger partial charge in [0.2, 0.25) is 0 Å². The summed E-state index contributed by atoms with van der Waals surface area (Å²) in [7, 11) is -3.58. The smallest absolute Gasteiger partial charge is 0.356 e. The molecule has 0 radical (unpaired) electrons. The monoisotopic (exact) mass is 551 g/mol. The summed E-state index contributed by atoms with van der Waals surface area (Å²) in [6, 6.07) is 0.152. The van der Waals surface area contributed by atoms with Crippen LogP contribution < -0.4 is 10.6 Å². The zero-order chi connectivity index (χ0) is 20.4. The van der Waals surface area contributed by atoms with Gasteiger partial charge in [-0.2, -0.15) is 22.6 Å². The highest BCUT2D eigenvalue weighted by Gasteiger charge is 2.50. The fourth-order valence-corrected chi connectivity index (χ4v) is 4.47. The van der Waals surface area contributed by atoms with Gasteiger partial charge in [0.15, 0.2) is 5.96 Å². The number of aromatic nitrogens is 3. The van der Waals surface area contributed by atoms with Crippen molar-refractivity contribution in [3.63, 3.8) is 0 Å². The number of aliphatic imine (C=N–C) groups is 1. The Labute approximate surface area is 184 Å². The molecule has 0 aliphatic carbocycles. The summed E-state index contributed by atoms with van der Waals surface area (Å²) >= 11 is 0. The van der Waals surface area contributed by atoms with Crippen LogP contribution in [0.5, 0.6) is 0 Å². The first-order valence-electron chi connectivity index (χ1n) is 9.11. The minimum absolute atomic E-state index is 0. The van der Waals surface area contributed by atoms with Gasteiger partial charge in [-0.05, 0) is 25.2 Å². The van der Waals surface area contributed by atoms with E-state index in [1.807, 2.05) is 4.68 Å². The molecular weight excluding hydrogens is 526 g/mol. The predicted octanol–water partition coefficient (Wildman–Crippen LogP) is 0.937. The van der Waals surface area contributed by atoms with E-state index in [1.165, 1.54) is 6.33 Å². The molecule has 0 saturated carbocycles. The number of rotatable bonds is 4. The van der Waals surface area contributed by atoms with Gasteiger partial charge in [0, 0.05) is 39.1 Å². The van der Waals surface area contributed by atoms with Gasteiger partial charge in [-0.3, -0.25) is 4.99 Å². The van der Waals surface area contributed by atoms with Crippen molar-refractivity contribution < 1.29 is 21.6 Å². The second-order valence-electron chi connectivity index (χ2n) is 6.98. The SMILES string of the molecule is CN=C(NCC1CCN(S(=O)(=O)C(F)(F)F)CC1)NC1CCc2ncnn2C1.I. The summed E-state index contributed by atoms with van der Waals surface area (Å²) in [5.41, 5.74) is -5.24. The standard InChI is InChI=1S/C15H24F3N7O2S.HI/c1-19-14(23-12-2-3-13-21-10-22-25(13)9-12)20-8-11-4-6-24(7-5-11)28(26,27)15(16,17)18;/h10-12H,2-9H2,1H3,(H2,19,20,23);1H. The van der Waals surface area contributed by atoms with Crippen molar-refractivity contribution in [2.45, 2.75) is 43.8 Å². The van der Waals surface area contributed by atoms with Gasteiger partial charge in [-0.1, -0.05) is 0 Å². The van der Waals surface area contributed by atoms with Crippen molar-refractivity contribution in [1.29, 1.82) is 0 Å². The van der Waals surface area contributed by atoms with Crippen LogP contribution in [0.3, 0.4) is 0 Å². The molecule has 1 aromatic heterocycles. The molecular formula is C15H25F3IN7O2S. The number of nitrogens with one attached hydrogen (secondary N) is 2. The average Bonchev–Trinajstić information content (AvgIpc) is 3.12. The molecule has 0 amide bonds. The topological polar surface area (TPSA) is 105 Å². The molecule has 1 aromatic rings. The van der Waals surface area contributed by atoms with Gasteiger partial charge < -0.3 is 10.6 Å². The molecule has 2 N–H and O–H groups in total. The number of alkyl halides is 3. The summed E-state index contributed by atoms with van der Waals surface area (Å²) in [5, 5.41) is 10.7. The van der Waals surface area contributed by atoms with E-state index in [0.717, 1.165) is 18.7 Å². The molecule has 0 aromatic carbocycles. The lowest BCUT2D eigenvalue weighted by molar-refractivity contribution is -0.0496. The van der Waals surface area contributed by atoms with E-state index in [-0.39, 0.29) is 49.0 Å². The summed E-state index contributed by atoms with van der Waals surface area (Å²) in [4.78, 5) is 8.38. The number of guanidine groups is 1. The molecule has 29 heavy (non-hydrogen) atoms. The van der Waals surface area contributed by atoms with E-state index in [0.29, 0.717) is 36.2 Å². The van der Waals surface area contributed by atoms with Crippen molar-refractivity contribution in [2.75, 3.05) is 26.7 Å². The molecule has 14 heteroatoms. The largest absolute Gasteiger partial charge is 0.511 e. The normalized spacial score (nSPS) is 21.9. The zero-order valence-electron chi connectivity index (χ0n) is 15.9. The van der Waals surface area contributed by atoms with Gasteiger partial charge in [0.05, 0.1) is 6.54 Å². The summed E-state index contributed by atoms with van der Waals surface area (Å²) in [6.07, 6.45) is 3.99. The zero-order valence-corrected chi connectivity index (χ0v) is 19.0. The molecule has 1 unspecified atom stereocenters. The molecule has 1 fully saturated rings. The minimum atomic E-state index is -5.24. The van der Waals surface area contributed by atoms with Crippen LogP contribution in [0.15, 0.2) is 11.3 Å². The van der Waals surface area contributed by atoms with Crippen molar-refractivity contribution in [3.8, 4) is 0 Å². The van der Waals surface area contributed by atoms with Gasteiger partial charge in [-0.15, -0.1) is 24.0 Å². The summed E-state index contributed by atoms with van der Waals surface area (Å²) in [5.74, 6) is 1.65. The van der Waals surface area contributed by atoms with E-state index in [4.69, 9.17) is 0 Å². The average molecular weight is 551 g/mol. The van der Waals surface area contributed by atoms with Gasteiger partial charge >= 0.3 is 15.5 Å². The van der Waals surface area contributed by atoms with Crippen LogP contribution in [0.25, 0.3) is 0 Å². The fourth-order valence-electron chi connectivity index (χ4n) is 3.48. The third-order valence-electron chi connectivity index (χ3n) is 5.13. The number of hydrogen-bond donors (Lipinski definition) is 2. The first kappa shape index (κ1) is 24.1. The first-order valence-corrected chi connectivity index (χ1v) is 10.5. The quantitative estimate of drug-likeness (QED) is 0.328. The van der Waals surface area contributed by atoms with Crippen LogP contribution in [0.1, 0.15) is 25.1 Å². The molecule has 3 heterocycles. The highest BCUT2D eigenvalue weighted by atomic mass is 127. The number of aryl methyl sites for hydroxylation is 1. The number of halogens is 4. The Hall–Kier alpha value is -1.16. The lowest BCUT2D eigenvalue weighted by Gasteiger charge is -2.32. The van der Waals surface area contributed by atoms with Crippen molar-refractivity contribution in [1.82, 2.24) is 29.7 Å². The molecule has 2 aliphatic heterocycles. The second-order valence-corrected chi connectivity index (χ2v) is 8.91. The molecule has 1 saturated heterocycles. The Bertz CT molecular complexity index is 807. The van der Waals surface area contributed by atoms with Crippen LogP contribution in [-0.2, 0) is 23.0 Å². The maximum Gasteiger partial charge on any atom is 0.511 e. The van der Waals surface area contributed by atoms with Gasteiger partial charge in [0.1, 0.15) is 12.2 Å². The Kier molecular flexibility index (Phi) is 8.12. The van der Waals surface area contributed by atoms with Crippen LogP contribution in [0.2, 0.25) is 0 Å². The Balaban J connectivity index is 0.00000300. The molecule has 1 atom stereocenters. The van der Waals surface area contributed by atoms with E-state index in [2.05, 4.69) is 25.7 Å². The molecule has 3 rings (SSSR count). The molecule has 166 valence electrons. The second kappa shape index (κ2) is 9.76. The number of fused-ring (bicyclic) bond motifs is 1. The number of piperidine rings is 1. The molecule has 0 spiro atoms. The number of sulfonamides is 1. The Morgan fingerprint density at radius 2 is 2.00 bits per heavy atom. The summed E-state index contributed by atoms with van der Waals surface area (Å²) in [6.45, 7) is 0.945. The van der Waals surface area contributed by atoms with E-state index in [9.17, 15) is 21.6 Å². The number of nitrogens with zero attached hydrogens (tertiary/aromatic N) is 5. The highest BCUT2D eigenvalue weighted by molar-refractivity contribution is 14.0. The van der Waals surface area contributed by atoms with Crippen LogP contribution in [-0.4, -0.2) is 71.7 Å². The van der Waals surface area contributed by atoms with Crippen LogP contribution >= 0.6 is 24.0 Å².